The Morgan fingerprint density at radius 1 is 1.15 bits per heavy atom. The molecule has 1 atom stereocenters. The molecule has 0 N–H and O–H groups in total. The van der Waals surface area contributed by atoms with E-state index < -0.39 is 0 Å². The van der Waals surface area contributed by atoms with E-state index in [1.165, 1.54) is 5.56 Å². The van der Waals surface area contributed by atoms with E-state index in [1.807, 2.05) is 36.4 Å². The molecular formula is C20H19ClN2O3. The SMILES string of the molecule is COc1cc2c(cc1OC)C1CC(=O)N=C(c3cccc(Cl)c3)N1CC2. The van der Waals surface area contributed by atoms with Gasteiger partial charge in [0.25, 0.3) is 0 Å². The van der Waals surface area contributed by atoms with Gasteiger partial charge in [-0.25, -0.2) is 0 Å². The number of aliphatic imine (C=N–C) groups is 1. The lowest BCUT2D eigenvalue weighted by atomic mass is 9.88. The second kappa shape index (κ2) is 6.65. The number of fused-ring (bicyclic) bond motifs is 3. The molecule has 0 saturated carbocycles. The number of rotatable bonds is 3. The Hall–Kier alpha value is -2.53. The number of methoxy groups -OCH3 is 2. The summed E-state index contributed by atoms with van der Waals surface area (Å²) in [6.07, 6.45) is 1.20. The summed E-state index contributed by atoms with van der Waals surface area (Å²) in [5.74, 6) is 1.95. The van der Waals surface area contributed by atoms with Crippen LogP contribution in [0.2, 0.25) is 5.02 Å². The van der Waals surface area contributed by atoms with Gasteiger partial charge in [0.15, 0.2) is 11.5 Å². The molecular weight excluding hydrogens is 352 g/mol. The van der Waals surface area contributed by atoms with Crippen LogP contribution in [0.4, 0.5) is 0 Å². The van der Waals surface area contributed by atoms with Crippen molar-refractivity contribution in [3.63, 3.8) is 0 Å². The summed E-state index contributed by atoms with van der Waals surface area (Å²) in [5, 5.41) is 0.628. The number of benzene rings is 2. The van der Waals surface area contributed by atoms with Crippen molar-refractivity contribution in [3.8, 4) is 11.5 Å². The van der Waals surface area contributed by atoms with Gasteiger partial charge in [-0.15, -0.1) is 0 Å². The molecule has 26 heavy (non-hydrogen) atoms. The van der Waals surface area contributed by atoms with E-state index in [9.17, 15) is 4.79 Å². The fourth-order valence-electron chi connectivity index (χ4n) is 3.75. The Bertz CT molecular complexity index is 910. The van der Waals surface area contributed by atoms with Crippen LogP contribution >= 0.6 is 11.6 Å². The van der Waals surface area contributed by atoms with E-state index in [2.05, 4.69) is 9.89 Å². The van der Waals surface area contributed by atoms with Crippen molar-refractivity contribution in [2.45, 2.75) is 18.9 Å². The maximum atomic E-state index is 12.4. The predicted molar refractivity (Wildman–Crippen MR) is 100 cm³/mol. The van der Waals surface area contributed by atoms with Crippen molar-refractivity contribution in [3.05, 3.63) is 58.1 Å². The van der Waals surface area contributed by atoms with E-state index in [4.69, 9.17) is 21.1 Å². The van der Waals surface area contributed by atoms with Crippen LogP contribution in [0.5, 0.6) is 11.5 Å². The number of amides is 1. The predicted octanol–water partition coefficient (Wildman–Crippen LogP) is 3.63. The molecule has 0 fully saturated rings. The molecule has 0 aliphatic carbocycles. The van der Waals surface area contributed by atoms with Gasteiger partial charge in [-0.3, -0.25) is 4.79 Å². The minimum absolute atomic E-state index is 0.0578. The summed E-state index contributed by atoms with van der Waals surface area (Å²) < 4.78 is 10.9. The second-order valence-corrected chi connectivity index (χ2v) is 6.85. The number of carbonyl (C=O) groups excluding carboxylic acids is 1. The van der Waals surface area contributed by atoms with Gasteiger partial charge in [-0.1, -0.05) is 23.7 Å². The first-order chi connectivity index (χ1) is 12.6. The molecule has 0 saturated heterocycles. The minimum atomic E-state index is -0.121. The normalized spacial score (nSPS) is 18.7. The Morgan fingerprint density at radius 2 is 1.92 bits per heavy atom. The van der Waals surface area contributed by atoms with Crippen LogP contribution in [0.1, 0.15) is 29.2 Å². The molecule has 2 aliphatic heterocycles. The molecule has 1 amide bonds. The summed E-state index contributed by atoms with van der Waals surface area (Å²) >= 11 is 6.14. The summed E-state index contributed by atoms with van der Waals surface area (Å²) in [6.45, 7) is 0.784. The Balaban J connectivity index is 1.79. The highest BCUT2D eigenvalue weighted by Crippen LogP contribution is 2.41. The van der Waals surface area contributed by atoms with Crippen LogP contribution in [-0.4, -0.2) is 37.4 Å². The number of hydrogen-bond acceptors (Lipinski definition) is 4. The number of amidine groups is 1. The number of ether oxygens (including phenoxy) is 2. The number of hydrogen-bond donors (Lipinski definition) is 0. The Kier molecular flexibility index (Phi) is 4.32. The standard InChI is InChI=1S/C20H19ClN2O3/c1-25-17-9-12-6-7-23-16(15(12)10-18(17)26-2)11-19(24)22-20(23)13-4-3-5-14(21)8-13/h3-5,8-10,16H,6-7,11H2,1-2H3. The maximum absolute atomic E-state index is 12.4. The fraction of sp³-hybridized carbons (Fsp3) is 0.300. The largest absolute Gasteiger partial charge is 0.493 e. The minimum Gasteiger partial charge on any atom is -0.493 e. The van der Waals surface area contributed by atoms with E-state index in [0.717, 1.165) is 24.1 Å². The molecule has 0 radical (unpaired) electrons. The van der Waals surface area contributed by atoms with Crippen LogP contribution in [0.3, 0.4) is 0 Å². The number of halogens is 1. The molecule has 0 aromatic heterocycles. The molecule has 2 aromatic rings. The molecule has 0 bridgehead atoms. The second-order valence-electron chi connectivity index (χ2n) is 6.41. The number of carbonyl (C=O) groups is 1. The highest BCUT2D eigenvalue weighted by atomic mass is 35.5. The van der Waals surface area contributed by atoms with Gasteiger partial charge < -0.3 is 14.4 Å². The van der Waals surface area contributed by atoms with Crippen molar-refractivity contribution in [2.24, 2.45) is 4.99 Å². The van der Waals surface area contributed by atoms with E-state index >= 15 is 0 Å². The lowest BCUT2D eigenvalue weighted by Crippen LogP contribution is -2.44. The molecule has 1 unspecified atom stereocenters. The monoisotopic (exact) mass is 370 g/mol. The third-order valence-electron chi connectivity index (χ3n) is 4.96. The lowest BCUT2D eigenvalue weighted by molar-refractivity contribution is -0.119. The van der Waals surface area contributed by atoms with E-state index in [0.29, 0.717) is 28.8 Å². The van der Waals surface area contributed by atoms with Gasteiger partial charge in [0.2, 0.25) is 5.91 Å². The van der Waals surface area contributed by atoms with Crippen molar-refractivity contribution in [1.82, 2.24) is 4.90 Å². The first kappa shape index (κ1) is 16.9. The van der Waals surface area contributed by atoms with Crippen molar-refractivity contribution in [2.75, 3.05) is 20.8 Å². The van der Waals surface area contributed by atoms with Crippen LogP contribution in [-0.2, 0) is 11.2 Å². The van der Waals surface area contributed by atoms with Gasteiger partial charge in [0, 0.05) is 17.1 Å². The molecule has 2 heterocycles. The molecule has 0 spiro atoms. The quantitative estimate of drug-likeness (QED) is 0.827. The van der Waals surface area contributed by atoms with Gasteiger partial charge >= 0.3 is 0 Å². The Morgan fingerprint density at radius 3 is 2.65 bits per heavy atom. The van der Waals surface area contributed by atoms with Crippen molar-refractivity contribution >= 4 is 23.3 Å². The lowest BCUT2D eigenvalue weighted by Gasteiger charge is -2.41. The molecule has 2 aliphatic rings. The van der Waals surface area contributed by atoms with Crippen LogP contribution in [0.15, 0.2) is 41.4 Å². The highest BCUT2D eigenvalue weighted by molar-refractivity contribution is 6.31. The summed E-state index contributed by atoms with van der Waals surface area (Å²) in [4.78, 5) is 18.9. The number of nitrogens with zero attached hydrogens (tertiary/aromatic N) is 2. The first-order valence-corrected chi connectivity index (χ1v) is 8.87. The van der Waals surface area contributed by atoms with Gasteiger partial charge in [-0.2, -0.15) is 4.99 Å². The molecule has 2 aromatic carbocycles. The molecule has 5 nitrogen and oxygen atoms in total. The third kappa shape index (κ3) is 2.82. The Labute approximate surface area is 157 Å². The zero-order valence-corrected chi connectivity index (χ0v) is 15.4. The molecule has 4 rings (SSSR count). The topological polar surface area (TPSA) is 51.1 Å². The van der Waals surface area contributed by atoms with Gasteiger partial charge in [-0.05, 0) is 41.8 Å². The highest BCUT2D eigenvalue weighted by Gasteiger charge is 2.36. The molecule has 6 heteroatoms. The van der Waals surface area contributed by atoms with Crippen LogP contribution in [0, 0.1) is 0 Å². The van der Waals surface area contributed by atoms with Crippen molar-refractivity contribution in [1.29, 1.82) is 0 Å². The average molecular weight is 371 g/mol. The van der Waals surface area contributed by atoms with Crippen LogP contribution in [0.25, 0.3) is 0 Å². The third-order valence-corrected chi connectivity index (χ3v) is 5.19. The zero-order valence-electron chi connectivity index (χ0n) is 14.7. The van der Waals surface area contributed by atoms with Crippen LogP contribution < -0.4 is 9.47 Å². The maximum Gasteiger partial charge on any atom is 0.250 e. The van der Waals surface area contributed by atoms with E-state index in [-0.39, 0.29) is 11.9 Å². The van der Waals surface area contributed by atoms with Crippen molar-refractivity contribution < 1.29 is 14.3 Å². The van der Waals surface area contributed by atoms with Gasteiger partial charge in [0.05, 0.1) is 26.7 Å². The molecule has 134 valence electrons. The summed E-state index contributed by atoms with van der Waals surface area (Å²) in [5.41, 5.74) is 3.14. The first-order valence-electron chi connectivity index (χ1n) is 8.49. The van der Waals surface area contributed by atoms with E-state index in [1.54, 1.807) is 14.2 Å². The fourth-order valence-corrected chi connectivity index (χ4v) is 3.94. The zero-order chi connectivity index (χ0) is 18.3. The van der Waals surface area contributed by atoms with Gasteiger partial charge in [0.1, 0.15) is 5.84 Å². The summed E-state index contributed by atoms with van der Waals surface area (Å²) in [6, 6.07) is 11.4. The average Bonchev–Trinajstić information content (AvgIpc) is 2.66. The summed E-state index contributed by atoms with van der Waals surface area (Å²) in [7, 11) is 3.25. The smallest absolute Gasteiger partial charge is 0.250 e.